The smallest absolute Gasteiger partial charge is 0.218 e. The summed E-state index contributed by atoms with van der Waals surface area (Å²) in [5.41, 5.74) is 0. The molecule has 2 heterocycles. The molecule has 0 aromatic heterocycles. The normalized spacial score (nSPS) is 32.5. The zero-order valence-corrected chi connectivity index (χ0v) is 12.5. The molecule has 0 aromatic rings. The van der Waals surface area contributed by atoms with E-state index in [-0.39, 0.29) is 30.5 Å². The summed E-state index contributed by atoms with van der Waals surface area (Å²) in [6.07, 6.45) is 2.53. The molecular weight excluding hydrogens is 290 g/mol. The first-order valence-corrected chi connectivity index (χ1v) is 9.98. The van der Waals surface area contributed by atoms with Crippen LogP contribution in [0.15, 0.2) is 0 Å². The molecule has 0 spiro atoms. The predicted molar refractivity (Wildman–Crippen MR) is 72.0 cm³/mol. The fraction of sp³-hybridized carbons (Fsp3) is 1.00. The third-order valence-corrected chi connectivity index (χ3v) is 8.27. The van der Waals surface area contributed by atoms with Crippen molar-refractivity contribution >= 4 is 19.9 Å². The molecule has 112 valence electrons. The summed E-state index contributed by atoms with van der Waals surface area (Å²) in [6.45, 7) is 0.955. The first-order chi connectivity index (χ1) is 8.85. The fourth-order valence-electron chi connectivity index (χ4n) is 2.88. The Morgan fingerprint density at radius 3 is 2.58 bits per heavy atom. The van der Waals surface area contributed by atoms with Crippen molar-refractivity contribution < 1.29 is 21.9 Å². The van der Waals surface area contributed by atoms with Crippen LogP contribution in [0.3, 0.4) is 0 Å². The minimum absolute atomic E-state index is 0.0230. The van der Waals surface area contributed by atoms with Gasteiger partial charge in [0.25, 0.3) is 0 Å². The van der Waals surface area contributed by atoms with Crippen LogP contribution < -0.4 is 0 Å². The van der Waals surface area contributed by atoms with Crippen molar-refractivity contribution in [3.63, 3.8) is 0 Å². The van der Waals surface area contributed by atoms with Crippen molar-refractivity contribution in [2.75, 3.05) is 31.2 Å². The molecule has 2 unspecified atom stereocenters. The van der Waals surface area contributed by atoms with E-state index in [0.717, 1.165) is 12.8 Å². The zero-order valence-electron chi connectivity index (χ0n) is 10.9. The summed E-state index contributed by atoms with van der Waals surface area (Å²) in [5.74, 6) is -0.0760. The molecule has 2 aliphatic rings. The number of hydrogen-bond donors (Lipinski definition) is 1. The van der Waals surface area contributed by atoms with Crippen LogP contribution in [0, 0.1) is 5.92 Å². The summed E-state index contributed by atoms with van der Waals surface area (Å²) >= 11 is 0. The first kappa shape index (κ1) is 15.2. The van der Waals surface area contributed by atoms with Crippen LogP contribution in [0.25, 0.3) is 0 Å². The van der Waals surface area contributed by atoms with Crippen LogP contribution in [0.4, 0.5) is 0 Å². The Labute approximate surface area is 114 Å². The lowest BCUT2D eigenvalue weighted by Gasteiger charge is -2.33. The van der Waals surface area contributed by atoms with Crippen molar-refractivity contribution in [3.05, 3.63) is 0 Å². The maximum absolute atomic E-state index is 12.4. The molecule has 0 saturated carbocycles. The second kappa shape index (κ2) is 5.67. The van der Waals surface area contributed by atoms with Crippen molar-refractivity contribution in [2.45, 2.75) is 30.9 Å². The minimum atomic E-state index is -3.51. The molecule has 2 fully saturated rings. The second-order valence-electron chi connectivity index (χ2n) is 5.45. The Bertz CT molecular complexity index is 511. The van der Waals surface area contributed by atoms with E-state index in [1.807, 2.05) is 0 Å². The van der Waals surface area contributed by atoms with Crippen LogP contribution in [0.5, 0.6) is 0 Å². The Kier molecular flexibility index (Phi) is 4.54. The molecule has 0 amide bonds. The molecule has 0 aliphatic carbocycles. The van der Waals surface area contributed by atoms with Gasteiger partial charge in [-0.25, -0.2) is 21.1 Å². The topological polar surface area (TPSA) is 91.8 Å². The van der Waals surface area contributed by atoms with Gasteiger partial charge in [-0.3, -0.25) is 0 Å². The third-order valence-electron chi connectivity index (χ3n) is 3.99. The second-order valence-corrected chi connectivity index (χ2v) is 9.89. The van der Waals surface area contributed by atoms with E-state index in [0.29, 0.717) is 19.5 Å². The van der Waals surface area contributed by atoms with Gasteiger partial charge in [0.05, 0.1) is 16.8 Å². The minimum Gasteiger partial charge on any atom is -0.396 e. The zero-order chi connectivity index (χ0) is 14.1. The summed E-state index contributed by atoms with van der Waals surface area (Å²) < 4.78 is 49.1. The monoisotopic (exact) mass is 311 g/mol. The highest BCUT2D eigenvalue weighted by atomic mass is 32.2. The van der Waals surface area contributed by atoms with Crippen LogP contribution in [0.1, 0.15) is 25.7 Å². The molecule has 2 atom stereocenters. The number of sulfone groups is 1. The van der Waals surface area contributed by atoms with Gasteiger partial charge in [-0.15, -0.1) is 0 Å². The SMILES string of the molecule is O=S1(=O)CCC(S(=O)(=O)N2CCCC(CCO)C2)C1. The van der Waals surface area contributed by atoms with E-state index >= 15 is 0 Å². The van der Waals surface area contributed by atoms with Crippen LogP contribution in [-0.4, -0.2) is 62.7 Å². The number of hydrogen-bond acceptors (Lipinski definition) is 5. The Balaban J connectivity index is 2.07. The first-order valence-electron chi connectivity index (χ1n) is 6.65. The van der Waals surface area contributed by atoms with E-state index in [9.17, 15) is 16.8 Å². The number of aliphatic hydroxyl groups excluding tert-OH is 1. The number of rotatable bonds is 4. The van der Waals surface area contributed by atoms with E-state index < -0.39 is 25.1 Å². The van der Waals surface area contributed by atoms with Gasteiger partial charge in [0, 0.05) is 19.7 Å². The highest BCUT2D eigenvalue weighted by molar-refractivity contribution is 7.95. The van der Waals surface area contributed by atoms with Crippen molar-refractivity contribution in [1.29, 1.82) is 0 Å². The van der Waals surface area contributed by atoms with Gasteiger partial charge in [-0.1, -0.05) is 0 Å². The lowest BCUT2D eigenvalue weighted by molar-refractivity contribution is 0.202. The number of piperidine rings is 1. The number of aliphatic hydroxyl groups is 1. The van der Waals surface area contributed by atoms with Gasteiger partial charge < -0.3 is 5.11 Å². The predicted octanol–water partition coefficient (Wildman–Crippen LogP) is -0.402. The highest BCUT2D eigenvalue weighted by Gasteiger charge is 2.41. The van der Waals surface area contributed by atoms with E-state index in [1.54, 1.807) is 0 Å². The molecule has 0 bridgehead atoms. The molecule has 0 aromatic carbocycles. The maximum Gasteiger partial charge on any atom is 0.218 e. The molecule has 1 N–H and O–H groups in total. The Morgan fingerprint density at radius 1 is 1.26 bits per heavy atom. The molecule has 2 saturated heterocycles. The molecule has 2 aliphatic heterocycles. The van der Waals surface area contributed by atoms with Crippen molar-refractivity contribution in [3.8, 4) is 0 Å². The maximum atomic E-state index is 12.4. The van der Waals surface area contributed by atoms with E-state index in [1.165, 1.54) is 4.31 Å². The lowest BCUT2D eigenvalue weighted by atomic mass is 9.97. The summed E-state index contributed by atoms with van der Waals surface area (Å²) in [6, 6.07) is 0. The van der Waals surface area contributed by atoms with Crippen LogP contribution in [0.2, 0.25) is 0 Å². The molecule has 8 heteroatoms. The molecule has 19 heavy (non-hydrogen) atoms. The summed E-state index contributed by atoms with van der Waals surface area (Å²) in [5, 5.41) is 8.17. The van der Waals surface area contributed by atoms with Crippen molar-refractivity contribution in [2.24, 2.45) is 5.92 Å². The molecule has 6 nitrogen and oxygen atoms in total. The highest BCUT2D eigenvalue weighted by Crippen LogP contribution is 2.27. The molecular formula is C11H21NO5S2. The average Bonchev–Trinajstić information content (AvgIpc) is 2.71. The Hall–Kier alpha value is -0.180. The third kappa shape index (κ3) is 3.48. The lowest BCUT2D eigenvalue weighted by Crippen LogP contribution is -2.45. The van der Waals surface area contributed by atoms with Gasteiger partial charge >= 0.3 is 0 Å². The summed E-state index contributed by atoms with van der Waals surface area (Å²) in [7, 11) is -6.70. The van der Waals surface area contributed by atoms with Gasteiger partial charge in [-0.05, 0) is 31.6 Å². The quantitative estimate of drug-likeness (QED) is 0.762. The van der Waals surface area contributed by atoms with Crippen LogP contribution in [-0.2, 0) is 19.9 Å². The number of sulfonamides is 1. The van der Waals surface area contributed by atoms with Gasteiger partial charge in [0.15, 0.2) is 9.84 Å². The number of nitrogens with zero attached hydrogens (tertiary/aromatic N) is 1. The fourth-order valence-corrected chi connectivity index (χ4v) is 7.52. The van der Waals surface area contributed by atoms with Crippen molar-refractivity contribution in [1.82, 2.24) is 4.31 Å². The van der Waals surface area contributed by atoms with Gasteiger partial charge in [0.1, 0.15) is 0 Å². The van der Waals surface area contributed by atoms with E-state index in [2.05, 4.69) is 0 Å². The van der Waals surface area contributed by atoms with E-state index in [4.69, 9.17) is 5.11 Å². The largest absolute Gasteiger partial charge is 0.396 e. The molecule has 0 radical (unpaired) electrons. The van der Waals surface area contributed by atoms with Gasteiger partial charge in [-0.2, -0.15) is 0 Å². The average molecular weight is 311 g/mol. The van der Waals surface area contributed by atoms with Gasteiger partial charge in [0.2, 0.25) is 10.0 Å². The summed E-state index contributed by atoms with van der Waals surface area (Å²) in [4.78, 5) is 0. The molecule has 2 rings (SSSR count). The standard InChI is InChI=1S/C11H21NO5S2/c13-6-3-10-2-1-5-12(8-10)19(16,17)11-4-7-18(14,15)9-11/h10-11,13H,1-9H2. The Morgan fingerprint density at radius 2 is 2.00 bits per heavy atom. The van der Waals surface area contributed by atoms with Crippen LogP contribution >= 0.6 is 0 Å².